The van der Waals surface area contributed by atoms with Gasteiger partial charge >= 0.3 is 0 Å². The van der Waals surface area contributed by atoms with Crippen molar-refractivity contribution < 1.29 is 0 Å². The third-order valence-electron chi connectivity index (χ3n) is 3.84. The molecule has 2 aromatic rings. The Hall–Kier alpha value is -2.22. The number of nitrogen functional groups attached to an aromatic ring is 1. The summed E-state index contributed by atoms with van der Waals surface area (Å²) in [6, 6.07) is 4.26. The molecule has 2 rings (SSSR count). The van der Waals surface area contributed by atoms with Gasteiger partial charge in [0.25, 0.3) is 0 Å². The molecule has 0 radical (unpaired) electrons. The van der Waals surface area contributed by atoms with Gasteiger partial charge in [-0.25, -0.2) is 0 Å². The van der Waals surface area contributed by atoms with Crippen LogP contribution in [0.2, 0.25) is 0 Å². The van der Waals surface area contributed by atoms with Crippen molar-refractivity contribution in [1.29, 1.82) is 5.26 Å². The monoisotopic (exact) mass is 271 g/mol. The van der Waals surface area contributed by atoms with Gasteiger partial charge in [-0.1, -0.05) is 0 Å². The number of hydrogen-bond acceptors (Lipinski definition) is 3. The fraction of sp³-hybridized carbons (Fsp3) is 0.467. The molecule has 5 heteroatoms. The molecule has 0 amide bonds. The first kappa shape index (κ1) is 14.2. The lowest BCUT2D eigenvalue weighted by Crippen LogP contribution is -2.09. The smallest absolute Gasteiger partial charge is 0.122 e. The third-order valence-corrected chi connectivity index (χ3v) is 3.84. The lowest BCUT2D eigenvalue weighted by atomic mass is 10.2. The van der Waals surface area contributed by atoms with Crippen molar-refractivity contribution in [2.24, 2.45) is 0 Å². The van der Waals surface area contributed by atoms with Gasteiger partial charge in [-0.2, -0.15) is 10.4 Å². The number of anilines is 1. The van der Waals surface area contributed by atoms with E-state index in [0.717, 1.165) is 36.5 Å². The summed E-state index contributed by atoms with van der Waals surface area (Å²) in [5, 5.41) is 13.6. The van der Waals surface area contributed by atoms with Gasteiger partial charge in [-0.3, -0.25) is 4.68 Å². The van der Waals surface area contributed by atoms with E-state index in [2.05, 4.69) is 24.2 Å². The number of nitriles is 1. The van der Waals surface area contributed by atoms with Gasteiger partial charge in [0, 0.05) is 24.5 Å². The maximum Gasteiger partial charge on any atom is 0.122 e. The average Bonchev–Trinajstić information content (AvgIpc) is 2.81. The topological polar surface area (TPSA) is 72.6 Å². The lowest BCUT2D eigenvalue weighted by molar-refractivity contribution is 0.515. The van der Waals surface area contributed by atoms with Crippen LogP contribution in [-0.4, -0.2) is 14.3 Å². The van der Waals surface area contributed by atoms with Crippen molar-refractivity contribution in [1.82, 2.24) is 14.3 Å². The molecule has 0 aliphatic rings. The van der Waals surface area contributed by atoms with Crippen LogP contribution in [0, 0.1) is 39.0 Å². The van der Waals surface area contributed by atoms with Crippen LogP contribution in [0.25, 0.3) is 0 Å². The van der Waals surface area contributed by atoms with Gasteiger partial charge in [0.15, 0.2) is 0 Å². The maximum absolute atomic E-state index is 9.12. The van der Waals surface area contributed by atoms with Crippen molar-refractivity contribution in [2.75, 3.05) is 5.73 Å². The van der Waals surface area contributed by atoms with Crippen molar-refractivity contribution in [3.8, 4) is 6.07 Å². The zero-order valence-corrected chi connectivity index (χ0v) is 12.6. The third kappa shape index (κ3) is 2.42. The Balaban J connectivity index is 2.09. The van der Waals surface area contributed by atoms with Crippen LogP contribution in [-0.2, 0) is 13.1 Å². The zero-order valence-electron chi connectivity index (χ0n) is 12.6. The summed E-state index contributed by atoms with van der Waals surface area (Å²) < 4.78 is 4.04. The Kier molecular flexibility index (Phi) is 3.84. The fourth-order valence-corrected chi connectivity index (χ4v) is 2.60. The molecule has 2 N–H and O–H groups in total. The predicted octanol–water partition coefficient (Wildman–Crippen LogP) is 2.46. The Bertz CT molecular complexity index is 669. The van der Waals surface area contributed by atoms with Crippen molar-refractivity contribution >= 4 is 5.82 Å². The highest BCUT2D eigenvalue weighted by molar-refractivity contribution is 5.57. The van der Waals surface area contributed by atoms with Crippen LogP contribution in [0.15, 0.2) is 6.07 Å². The Morgan fingerprint density at radius 1 is 1.25 bits per heavy atom. The quantitative estimate of drug-likeness (QED) is 0.928. The van der Waals surface area contributed by atoms with Crippen LogP contribution in [0.3, 0.4) is 0 Å². The minimum atomic E-state index is 0.580. The lowest BCUT2D eigenvalue weighted by Gasteiger charge is -2.10. The molecule has 0 aliphatic heterocycles. The standard InChI is InChI=1S/C15H21N5/c1-10-8-11(2)20(18-10)7-5-6-19-13(4)12(3)14(9-16)15(19)17/h8H,5-7,17H2,1-4H3. The molecule has 0 atom stereocenters. The van der Waals surface area contributed by atoms with Crippen LogP contribution >= 0.6 is 0 Å². The van der Waals surface area contributed by atoms with Crippen LogP contribution in [0.5, 0.6) is 0 Å². The fourth-order valence-electron chi connectivity index (χ4n) is 2.60. The second-order valence-corrected chi connectivity index (χ2v) is 5.24. The van der Waals surface area contributed by atoms with Crippen molar-refractivity contribution in [3.63, 3.8) is 0 Å². The second-order valence-electron chi connectivity index (χ2n) is 5.24. The van der Waals surface area contributed by atoms with E-state index in [9.17, 15) is 0 Å². The SMILES string of the molecule is Cc1cc(C)n(CCCn2c(C)c(C)c(C#N)c2N)n1. The molecule has 0 aromatic carbocycles. The second kappa shape index (κ2) is 5.41. The molecule has 2 heterocycles. The number of nitrogens with zero attached hydrogens (tertiary/aromatic N) is 4. The summed E-state index contributed by atoms with van der Waals surface area (Å²) in [5.74, 6) is 0.580. The van der Waals surface area contributed by atoms with E-state index in [0.29, 0.717) is 11.4 Å². The van der Waals surface area contributed by atoms with Gasteiger partial charge in [0.1, 0.15) is 11.9 Å². The summed E-state index contributed by atoms with van der Waals surface area (Å²) in [5.41, 5.74) is 10.9. The number of aromatic nitrogens is 3. The van der Waals surface area contributed by atoms with E-state index in [1.807, 2.05) is 30.0 Å². The molecular formula is C15H21N5. The van der Waals surface area contributed by atoms with Gasteiger partial charge < -0.3 is 10.3 Å². The Morgan fingerprint density at radius 3 is 2.45 bits per heavy atom. The van der Waals surface area contributed by atoms with Crippen molar-refractivity contribution in [3.05, 3.63) is 34.3 Å². The van der Waals surface area contributed by atoms with E-state index in [4.69, 9.17) is 11.0 Å². The van der Waals surface area contributed by atoms with E-state index in [-0.39, 0.29) is 0 Å². The Morgan fingerprint density at radius 2 is 1.95 bits per heavy atom. The summed E-state index contributed by atoms with van der Waals surface area (Å²) in [7, 11) is 0. The van der Waals surface area contributed by atoms with Crippen LogP contribution < -0.4 is 5.73 Å². The molecule has 20 heavy (non-hydrogen) atoms. The van der Waals surface area contributed by atoms with Crippen LogP contribution in [0.4, 0.5) is 5.82 Å². The van der Waals surface area contributed by atoms with E-state index < -0.39 is 0 Å². The molecule has 0 bridgehead atoms. The van der Waals surface area contributed by atoms with E-state index in [1.165, 1.54) is 5.69 Å². The molecule has 5 nitrogen and oxygen atoms in total. The molecule has 2 aromatic heterocycles. The van der Waals surface area contributed by atoms with Crippen LogP contribution in [0.1, 0.15) is 34.6 Å². The first-order chi connectivity index (χ1) is 9.45. The molecule has 0 saturated heterocycles. The van der Waals surface area contributed by atoms with Gasteiger partial charge in [-0.15, -0.1) is 0 Å². The number of aryl methyl sites for hydroxylation is 3. The molecule has 0 spiro atoms. The molecule has 106 valence electrons. The summed E-state index contributed by atoms with van der Waals surface area (Å²) in [4.78, 5) is 0. The average molecular weight is 271 g/mol. The van der Waals surface area contributed by atoms with Crippen molar-refractivity contribution in [2.45, 2.75) is 47.2 Å². The molecule has 0 aliphatic carbocycles. The Labute approximate surface area is 119 Å². The first-order valence-electron chi connectivity index (χ1n) is 6.82. The maximum atomic E-state index is 9.12. The highest BCUT2D eigenvalue weighted by atomic mass is 15.3. The summed E-state index contributed by atoms with van der Waals surface area (Å²) >= 11 is 0. The highest BCUT2D eigenvalue weighted by Gasteiger charge is 2.14. The van der Waals surface area contributed by atoms with Gasteiger partial charge in [0.05, 0.1) is 11.3 Å². The van der Waals surface area contributed by atoms with E-state index in [1.54, 1.807) is 0 Å². The normalized spacial score (nSPS) is 10.8. The zero-order chi connectivity index (χ0) is 14.9. The minimum absolute atomic E-state index is 0.580. The predicted molar refractivity (Wildman–Crippen MR) is 79.4 cm³/mol. The molecule has 0 unspecified atom stereocenters. The summed E-state index contributed by atoms with van der Waals surface area (Å²) in [6.07, 6.45) is 0.936. The van der Waals surface area contributed by atoms with E-state index >= 15 is 0 Å². The molecule has 0 fully saturated rings. The highest BCUT2D eigenvalue weighted by Crippen LogP contribution is 2.23. The largest absolute Gasteiger partial charge is 0.384 e. The molecular weight excluding hydrogens is 250 g/mol. The number of rotatable bonds is 4. The number of hydrogen-bond donors (Lipinski definition) is 1. The number of nitrogens with two attached hydrogens (primary N) is 1. The first-order valence-corrected chi connectivity index (χ1v) is 6.82. The van der Waals surface area contributed by atoms with Gasteiger partial charge in [-0.05, 0) is 45.7 Å². The summed E-state index contributed by atoms with van der Waals surface area (Å²) in [6.45, 7) is 9.68. The molecule has 0 saturated carbocycles. The van der Waals surface area contributed by atoms with Gasteiger partial charge in [0.2, 0.25) is 0 Å². The minimum Gasteiger partial charge on any atom is -0.384 e.